The van der Waals surface area contributed by atoms with Crippen molar-refractivity contribution < 1.29 is 0 Å². The molecule has 0 fully saturated rings. The van der Waals surface area contributed by atoms with E-state index in [9.17, 15) is 0 Å². The van der Waals surface area contributed by atoms with Gasteiger partial charge in [0, 0.05) is 17.9 Å². The molecule has 0 bridgehead atoms. The first kappa shape index (κ1) is 13.4. The molecule has 0 radical (unpaired) electrons. The third kappa shape index (κ3) is 2.68. The van der Waals surface area contributed by atoms with Crippen molar-refractivity contribution in [3.63, 3.8) is 0 Å². The van der Waals surface area contributed by atoms with Gasteiger partial charge in [-0.25, -0.2) is 0 Å². The lowest BCUT2D eigenvalue weighted by atomic mass is 10.1. The molecule has 1 aliphatic rings. The minimum Gasteiger partial charge on any atom is -0.337 e. The van der Waals surface area contributed by atoms with Gasteiger partial charge in [0.05, 0.1) is 0 Å². The second-order valence-corrected chi connectivity index (χ2v) is 4.19. The van der Waals surface area contributed by atoms with E-state index in [1.165, 1.54) is 6.08 Å². The number of para-hydroxylation sites is 1. The summed E-state index contributed by atoms with van der Waals surface area (Å²) < 4.78 is 0. The molecule has 20 heavy (non-hydrogen) atoms. The van der Waals surface area contributed by atoms with Gasteiger partial charge >= 0.3 is 0 Å². The lowest BCUT2D eigenvalue weighted by molar-refractivity contribution is 1.03. The molecule has 0 amide bonds. The molecular weight excluding hydrogens is 246 g/mol. The monoisotopic (exact) mass is 259 g/mol. The van der Waals surface area contributed by atoms with Gasteiger partial charge in [-0.05, 0) is 29.9 Å². The zero-order chi connectivity index (χ0) is 14.4. The van der Waals surface area contributed by atoms with Crippen LogP contribution in [0.5, 0.6) is 0 Å². The Balaban J connectivity index is 2.44. The van der Waals surface area contributed by atoms with Gasteiger partial charge in [-0.3, -0.25) is 0 Å². The fraction of sp³-hybridized carbons (Fsp3) is 0.0588. The number of fused-ring (bicyclic) bond motifs is 1. The Kier molecular flexibility index (Phi) is 4.17. The molecule has 96 valence electrons. The molecule has 0 saturated heterocycles. The topological polar surface area (TPSA) is 50.8 Å². The number of allylic oxidation sites excluding steroid dienone is 4. The van der Waals surface area contributed by atoms with E-state index in [0.29, 0.717) is 6.54 Å². The van der Waals surface area contributed by atoms with Crippen LogP contribution >= 0.6 is 0 Å². The molecule has 0 aromatic heterocycles. The number of rotatable bonds is 3. The number of hydrogen-bond acceptors (Lipinski definition) is 3. The van der Waals surface area contributed by atoms with Gasteiger partial charge in [-0.1, -0.05) is 30.4 Å². The number of hydrogen-bond donors (Lipinski definition) is 0. The van der Waals surface area contributed by atoms with E-state index < -0.39 is 0 Å². The minimum atomic E-state index is 0.0864. The van der Waals surface area contributed by atoms with E-state index in [1.807, 2.05) is 54.6 Å². The Morgan fingerprint density at radius 1 is 1.20 bits per heavy atom. The summed E-state index contributed by atoms with van der Waals surface area (Å²) in [5.41, 5.74) is 3.23. The molecule has 0 saturated carbocycles. The van der Waals surface area contributed by atoms with Crippen LogP contribution in [-0.2, 0) is 0 Å². The molecule has 0 spiro atoms. The molecular formula is C17H13N3. The van der Waals surface area contributed by atoms with E-state index in [1.54, 1.807) is 6.08 Å². The van der Waals surface area contributed by atoms with Gasteiger partial charge in [0.15, 0.2) is 0 Å². The van der Waals surface area contributed by atoms with Crippen LogP contribution in [0.1, 0.15) is 5.56 Å². The maximum absolute atomic E-state index is 8.76. The summed E-state index contributed by atoms with van der Waals surface area (Å²) in [6.45, 7) is 4.44. The Morgan fingerprint density at radius 2 is 1.95 bits per heavy atom. The molecule has 0 unspecified atom stereocenters. The number of benzene rings is 1. The summed E-state index contributed by atoms with van der Waals surface area (Å²) in [6, 6.07) is 11.8. The summed E-state index contributed by atoms with van der Waals surface area (Å²) in [7, 11) is 0. The highest BCUT2D eigenvalue weighted by atomic mass is 15.1. The number of anilines is 1. The normalized spacial score (nSPS) is 14.1. The van der Waals surface area contributed by atoms with Gasteiger partial charge in [0.25, 0.3) is 0 Å². The zero-order valence-corrected chi connectivity index (χ0v) is 11.0. The van der Waals surface area contributed by atoms with Gasteiger partial charge in [-0.15, -0.1) is 6.58 Å². The molecule has 3 heteroatoms. The van der Waals surface area contributed by atoms with E-state index in [0.717, 1.165) is 16.9 Å². The summed E-state index contributed by atoms with van der Waals surface area (Å²) in [5, 5.41) is 17.5. The molecule has 1 aliphatic heterocycles. The van der Waals surface area contributed by atoms with Crippen molar-refractivity contribution in [3.8, 4) is 12.1 Å². The average Bonchev–Trinajstić information content (AvgIpc) is 2.50. The van der Waals surface area contributed by atoms with Gasteiger partial charge in [0.1, 0.15) is 17.7 Å². The quantitative estimate of drug-likeness (QED) is 0.616. The molecule has 1 aromatic carbocycles. The van der Waals surface area contributed by atoms with E-state index >= 15 is 0 Å². The summed E-state index contributed by atoms with van der Waals surface area (Å²) in [4.78, 5) is 2.09. The lowest BCUT2D eigenvalue weighted by Crippen LogP contribution is -2.24. The molecule has 0 N–H and O–H groups in total. The molecule has 2 rings (SSSR count). The first-order valence-electron chi connectivity index (χ1n) is 6.18. The van der Waals surface area contributed by atoms with Crippen LogP contribution in [0.15, 0.2) is 66.4 Å². The average molecular weight is 259 g/mol. The van der Waals surface area contributed by atoms with Crippen molar-refractivity contribution in [2.45, 2.75) is 0 Å². The van der Waals surface area contributed by atoms with Crippen molar-refractivity contribution >= 4 is 11.8 Å². The van der Waals surface area contributed by atoms with Crippen LogP contribution in [0.25, 0.3) is 6.08 Å². The Morgan fingerprint density at radius 3 is 2.65 bits per heavy atom. The highest BCUT2D eigenvalue weighted by molar-refractivity contribution is 5.76. The first-order valence-corrected chi connectivity index (χ1v) is 6.18. The highest BCUT2D eigenvalue weighted by Crippen LogP contribution is 2.30. The van der Waals surface area contributed by atoms with Crippen molar-refractivity contribution in [1.82, 2.24) is 0 Å². The van der Waals surface area contributed by atoms with E-state index in [-0.39, 0.29) is 5.57 Å². The first-order chi connectivity index (χ1) is 9.80. The second kappa shape index (κ2) is 6.22. The highest BCUT2D eigenvalue weighted by Gasteiger charge is 2.15. The number of nitriles is 2. The third-order valence-electron chi connectivity index (χ3n) is 2.95. The molecule has 1 heterocycles. The molecule has 0 atom stereocenters. The zero-order valence-electron chi connectivity index (χ0n) is 11.0. The van der Waals surface area contributed by atoms with Crippen molar-refractivity contribution in [2.24, 2.45) is 0 Å². The van der Waals surface area contributed by atoms with E-state index in [4.69, 9.17) is 10.5 Å². The Labute approximate surface area is 118 Å². The van der Waals surface area contributed by atoms with Crippen LogP contribution in [0.4, 0.5) is 5.69 Å². The Bertz CT molecular complexity index is 678. The summed E-state index contributed by atoms with van der Waals surface area (Å²) in [5.74, 6) is 0. The van der Waals surface area contributed by atoms with Crippen molar-refractivity contribution in [2.75, 3.05) is 11.4 Å². The van der Waals surface area contributed by atoms with E-state index in [2.05, 4.69) is 11.5 Å². The predicted molar refractivity (Wildman–Crippen MR) is 80.4 cm³/mol. The Hall–Kier alpha value is -3.04. The smallest absolute Gasteiger partial charge is 0.129 e. The van der Waals surface area contributed by atoms with Crippen molar-refractivity contribution in [1.29, 1.82) is 10.5 Å². The maximum Gasteiger partial charge on any atom is 0.129 e. The predicted octanol–water partition coefficient (Wildman–Crippen LogP) is 3.56. The van der Waals surface area contributed by atoms with Crippen LogP contribution in [0, 0.1) is 22.7 Å². The molecule has 1 aromatic rings. The standard InChI is InChI=1S/C17H13N3/c1-2-11-20-16(9-7-14(12-18)13-19)10-8-15-5-3-4-6-17(15)20/h2-10H,1,11H2/b16-9+. The largest absolute Gasteiger partial charge is 0.337 e. The minimum absolute atomic E-state index is 0.0864. The van der Waals surface area contributed by atoms with Crippen LogP contribution < -0.4 is 4.90 Å². The third-order valence-corrected chi connectivity index (χ3v) is 2.95. The van der Waals surface area contributed by atoms with Crippen LogP contribution in [0.2, 0.25) is 0 Å². The van der Waals surface area contributed by atoms with Gasteiger partial charge in [0.2, 0.25) is 0 Å². The summed E-state index contributed by atoms with van der Waals surface area (Å²) in [6.07, 6.45) is 9.12. The van der Waals surface area contributed by atoms with Crippen LogP contribution in [-0.4, -0.2) is 6.54 Å². The number of nitrogens with zero attached hydrogens (tertiary/aromatic N) is 3. The van der Waals surface area contributed by atoms with Gasteiger partial charge in [-0.2, -0.15) is 10.5 Å². The lowest BCUT2D eigenvalue weighted by Gasteiger charge is -2.29. The summed E-state index contributed by atoms with van der Waals surface area (Å²) >= 11 is 0. The van der Waals surface area contributed by atoms with Crippen LogP contribution in [0.3, 0.4) is 0 Å². The second-order valence-electron chi connectivity index (χ2n) is 4.19. The molecule has 0 aliphatic carbocycles. The fourth-order valence-electron chi connectivity index (χ4n) is 2.03. The molecule has 3 nitrogen and oxygen atoms in total. The van der Waals surface area contributed by atoms with Crippen molar-refractivity contribution in [3.05, 3.63) is 72.0 Å². The SMILES string of the molecule is C=CCN1/C(=C/C=C(C#N)C#N)C=Cc2ccccc21. The van der Waals surface area contributed by atoms with Gasteiger partial charge < -0.3 is 4.90 Å². The fourth-order valence-corrected chi connectivity index (χ4v) is 2.03. The maximum atomic E-state index is 8.76.